The van der Waals surface area contributed by atoms with Gasteiger partial charge in [-0.25, -0.2) is 4.98 Å². The number of hydrogen-bond donors (Lipinski definition) is 0. The zero-order valence-corrected chi connectivity index (χ0v) is 17.8. The van der Waals surface area contributed by atoms with Crippen molar-refractivity contribution in [3.8, 4) is 11.8 Å². The van der Waals surface area contributed by atoms with Crippen LogP contribution in [0.2, 0.25) is 0 Å². The summed E-state index contributed by atoms with van der Waals surface area (Å²) in [6, 6.07) is 6.83. The molecular weight excluding hydrogens is 395 g/mol. The molecule has 0 N–H and O–H groups in total. The van der Waals surface area contributed by atoms with E-state index in [2.05, 4.69) is 23.8 Å². The van der Waals surface area contributed by atoms with Crippen molar-refractivity contribution in [1.29, 1.82) is 0 Å². The van der Waals surface area contributed by atoms with Crippen molar-refractivity contribution in [2.24, 2.45) is 0 Å². The Labute approximate surface area is 176 Å². The van der Waals surface area contributed by atoms with Crippen LogP contribution < -0.4 is 14.4 Å². The van der Waals surface area contributed by atoms with Gasteiger partial charge in [-0.1, -0.05) is 39.5 Å². The third-order valence-electron chi connectivity index (χ3n) is 4.59. The average Bonchev–Trinajstić information content (AvgIpc) is 2.73. The molecule has 0 amide bonds. The molecule has 1 aromatic carbocycles. The van der Waals surface area contributed by atoms with Gasteiger partial charge in [-0.2, -0.15) is 18.2 Å². The van der Waals surface area contributed by atoms with Crippen LogP contribution in [0.3, 0.4) is 0 Å². The fourth-order valence-corrected chi connectivity index (χ4v) is 2.80. The first kappa shape index (κ1) is 23.8. The van der Waals surface area contributed by atoms with E-state index in [-0.39, 0.29) is 11.8 Å². The lowest BCUT2D eigenvalue weighted by Crippen LogP contribution is -2.19. The second-order valence-electron chi connectivity index (χ2n) is 7.05. The number of aromatic nitrogens is 2. The number of rotatable bonds is 12. The van der Waals surface area contributed by atoms with Crippen LogP contribution in [-0.4, -0.2) is 30.2 Å². The van der Waals surface area contributed by atoms with E-state index < -0.39 is 11.7 Å². The largest absolute Gasteiger partial charge is 0.494 e. The molecule has 0 aliphatic rings. The Balaban J connectivity index is 2.18. The topological polar surface area (TPSA) is 47.5 Å². The summed E-state index contributed by atoms with van der Waals surface area (Å²) in [5.41, 5.74) is -0.359. The number of halogens is 3. The van der Waals surface area contributed by atoms with E-state index >= 15 is 0 Å². The molecular formula is C22H30F3N3O2. The molecule has 0 spiro atoms. The fourth-order valence-electron chi connectivity index (χ4n) is 2.80. The molecule has 2 aromatic rings. The predicted molar refractivity (Wildman–Crippen MR) is 112 cm³/mol. The number of hydrogen-bond acceptors (Lipinski definition) is 5. The van der Waals surface area contributed by atoms with Crippen LogP contribution in [0, 0.1) is 0 Å². The number of alkyl halides is 3. The normalized spacial score (nSPS) is 11.4. The van der Waals surface area contributed by atoms with Crippen LogP contribution in [0.5, 0.6) is 11.8 Å². The lowest BCUT2D eigenvalue weighted by molar-refractivity contribution is -0.137. The van der Waals surface area contributed by atoms with Gasteiger partial charge < -0.3 is 14.4 Å². The standard InChI is InChI=1S/C22H30F3N3O2/c1-4-6-8-9-15-30-21-26-16-19(22(23,24)25)20(27-21)28(3)17-10-12-18(13-11-17)29-14-7-5-2/h10-13,16H,4-9,14-15H2,1-3H3. The third kappa shape index (κ3) is 7.07. The molecule has 0 aliphatic carbocycles. The number of benzene rings is 1. The summed E-state index contributed by atoms with van der Waals surface area (Å²) in [4.78, 5) is 9.19. The minimum atomic E-state index is -4.58. The molecule has 8 heteroatoms. The number of unbranched alkanes of at least 4 members (excludes halogenated alkanes) is 4. The Kier molecular flexibility index (Phi) is 9.20. The first-order valence-electron chi connectivity index (χ1n) is 10.4. The molecule has 0 atom stereocenters. The van der Waals surface area contributed by atoms with Gasteiger partial charge in [0.05, 0.1) is 13.2 Å². The molecule has 0 aliphatic heterocycles. The van der Waals surface area contributed by atoms with Crippen LogP contribution in [-0.2, 0) is 6.18 Å². The van der Waals surface area contributed by atoms with Crippen molar-refractivity contribution in [2.75, 3.05) is 25.2 Å². The maximum Gasteiger partial charge on any atom is 0.421 e. The maximum absolute atomic E-state index is 13.5. The van der Waals surface area contributed by atoms with Gasteiger partial charge in [0.1, 0.15) is 11.3 Å². The predicted octanol–water partition coefficient (Wildman–Crippen LogP) is 6.40. The molecule has 1 aromatic heterocycles. The van der Waals surface area contributed by atoms with Crippen molar-refractivity contribution in [3.63, 3.8) is 0 Å². The fraction of sp³-hybridized carbons (Fsp3) is 0.545. The van der Waals surface area contributed by atoms with Crippen LogP contribution in [0.4, 0.5) is 24.7 Å². The molecule has 0 unspecified atom stereocenters. The van der Waals surface area contributed by atoms with E-state index in [1.807, 2.05) is 0 Å². The highest BCUT2D eigenvalue weighted by molar-refractivity contribution is 5.63. The van der Waals surface area contributed by atoms with E-state index in [0.29, 0.717) is 24.7 Å². The Morgan fingerprint density at radius 3 is 2.20 bits per heavy atom. The molecule has 5 nitrogen and oxygen atoms in total. The summed E-state index contributed by atoms with van der Waals surface area (Å²) in [5.74, 6) is 0.427. The number of nitrogens with zero attached hydrogens (tertiary/aromatic N) is 3. The van der Waals surface area contributed by atoms with Gasteiger partial charge in [0.2, 0.25) is 0 Å². The van der Waals surface area contributed by atoms with Crippen molar-refractivity contribution in [1.82, 2.24) is 9.97 Å². The third-order valence-corrected chi connectivity index (χ3v) is 4.59. The summed E-state index contributed by atoms with van der Waals surface area (Å²) in [6.07, 6.45) is 2.16. The Bertz CT molecular complexity index is 767. The van der Waals surface area contributed by atoms with Gasteiger partial charge in [0.25, 0.3) is 0 Å². The molecule has 0 bridgehead atoms. The quantitative estimate of drug-likeness (QED) is 0.368. The van der Waals surface area contributed by atoms with Gasteiger partial charge in [-0.15, -0.1) is 0 Å². The number of anilines is 2. The van der Waals surface area contributed by atoms with E-state index in [9.17, 15) is 13.2 Å². The van der Waals surface area contributed by atoms with Gasteiger partial charge in [0.15, 0.2) is 5.82 Å². The maximum atomic E-state index is 13.5. The molecule has 166 valence electrons. The minimum absolute atomic E-state index is 0.0548. The summed E-state index contributed by atoms with van der Waals surface area (Å²) in [6.45, 7) is 5.16. The second kappa shape index (κ2) is 11.6. The molecule has 0 saturated carbocycles. The Hall–Kier alpha value is -2.51. The van der Waals surface area contributed by atoms with E-state index in [1.54, 1.807) is 24.3 Å². The summed E-state index contributed by atoms with van der Waals surface area (Å²) < 4.78 is 51.6. The first-order chi connectivity index (χ1) is 14.4. The SMILES string of the molecule is CCCCCCOc1ncc(C(F)(F)F)c(N(C)c2ccc(OCCCC)cc2)n1. The minimum Gasteiger partial charge on any atom is -0.494 e. The van der Waals surface area contributed by atoms with Gasteiger partial charge >= 0.3 is 12.2 Å². The molecule has 0 radical (unpaired) electrons. The van der Waals surface area contributed by atoms with E-state index in [1.165, 1.54) is 11.9 Å². The van der Waals surface area contributed by atoms with Crippen LogP contribution in [0.25, 0.3) is 0 Å². The van der Waals surface area contributed by atoms with E-state index in [4.69, 9.17) is 9.47 Å². The second-order valence-corrected chi connectivity index (χ2v) is 7.05. The Morgan fingerprint density at radius 2 is 1.57 bits per heavy atom. The molecule has 2 rings (SSSR count). The molecule has 0 saturated heterocycles. The van der Waals surface area contributed by atoms with Crippen LogP contribution in [0.1, 0.15) is 57.9 Å². The Morgan fingerprint density at radius 1 is 0.900 bits per heavy atom. The molecule has 1 heterocycles. The number of ether oxygens (including phenoxy) is 2. The van der Waals surface area contributed by atoms with Crippen LogP contribution in [0.15, 0.2) is 30.5 Å². The van der Waals surface area contributed by atoms with Gasteiger partial charge in [-0.3, -0.25) is 0 Å². The summed E-state index contributed by atoms with van der Waals surface area (Å²) in [7, 11) is 1.54. The average molecular weight is 425 g/mol. The highest BCUT2D eigenvalue weighted by Gasteiger charge is 2.36. The lowest BCUT2D eigenvalue weighted by atomic mass is 10.2. The lowest BCUT2D eigenvalue weighted by Gasteiger charge is -2.23. The van der Waals surface area contributed by atoms with Gasteiger partial charge in [-0.05, 0) is 37.1 Å². The zero-order valence-electron chi connectivity index (χ0n) is 17.8. The van der Waals surface area contributed by atoms with Crippen molar-refractivity contribution in [3.05, 3.63) is 36.0 Å². The van der Waals surface area contributed by atoms with E-state index in [0.717, 1.165) is 44.7 Å². The monoisotopic (exact) mass is 425 g/mol. The summed E-state index contributed by atoms with van der Waals surface area (Å²) in [5, 5.41) is 0. The highest BCUT2D eigenvalue weighted by Crippen LogP contribution is 2.38. The first-order valence-corrected chi connectivity index (χ1v) is 10.4. The molecule has 30 heavy (non-hydrogen) atoms. The smallest absolute Gasteiger partial charge is 0.421 e. The van der Waals surface area contributed by atoms with Crippen molar-refractivity contribution < 1.29 is 22.6 Å². The zero-order chi connectivity index (χ0) is 22.0. The van der Waals surface area contributed by atoms with Crippen molar-refractivity contribution in [2.45, 2.75) is 58.5 Å². The highest BCUT2D eigenvalue weighted by atomic mass is 19.4. The van der Waals surface area contributed by atoms with Crippen molar-refractivity contribution >= 4 is 11.5 Å². The molecule has 0 fully saturated rings. The van der Waals surface area contributed by atoms with Gasteiger partial charge in [0, 0.05) is 18.9 Å². The summed E-state index contributed by atoms with van der Waals surface area (Å²) >= 11 is 0. The van der Waals surface area contributed by atoms with Crippen LogP contribution >= 0.6 is 0 Å².